The Kier molecular flexibility index (Phi) is 5.24. The number of nitrogens with one attached hydrogen (secondary N) is 1. The average molecular weight is 362 g/mol. The third-order valence-corrected chi connectivity index (χ3v) is 5.87. The Hall–Kier alpha value is -2.12. The zero-order valence-corrected chi connectivity index (χ0v) is 15.0. The topological polar surface area (TPSA) is 79.6 Å². The predicted molar refractivity (Wildman–Crippen MR) is 95.1 cm³/mol. The number of amides is 1. The Morgan fingerprint density at radius 3 is 2.40 bits per heavy atom. The lowest BCUT2D eigenvalue weighted by atomic mass is 9.97. The van der Waals surface area contributed by atoms with Crippen molar-refractivity contribution in [3.05, 3.63) is 48.4 Å². The number of benzene rings is 1. The van der Waals surface area contributed by atoms with Crippen LogP contribution in [-0.2, 0) is 21.4 Å². The summed E-state index contributed by atoms with van der Waals surface area (Å²) >= 11 is 0. The van der Waals surface area contributed by atoms with E-state index in [9.17, 15) is 13.2 Å². The van der Waals surface area contributed by atoms with Crippen LogP contribution >= 0.6 is 0 Å². The highest BCUT2D eigenvalue weighted by Crippen LogP contribution is 2.21. The molecule has 0 bridgehead atoms. The molecule has 1 aliphatic rings. The number of carbonyl (C=O) groups is 1. The number of rotatable bonds is 5. The van der Waals surface area contributed by atoms with Crippen LogP contribution in [0.5, 0.6) is 0 Å². The zero-order chi connectivity index (χ0) is 17.9. The molecule has 0 unspecified atom stereocenters. The molecule has 6 nitrogen and oxygen atoms in total. The molecule has 0 atom stereocenters. The lowest BCUT2D eigenvalue weighted by molar-refractivity contribution is -0.126. The number of carbonyl (C=O) groups excluding carboxylic acids is 1. The summed E-state index contributed by atoms with van der Waals surface area (Å²) in [4.78, 5) is 12.3. The standard InChI is InChI=1S/C18H22N2O4S/c1-25(22,23)20-9-6-16(7-10-20)18(21)19-12-14-2-4-15(5-3-14)17-8-11-24-13-17/h2-5,8,11,13,16H,6-7,9-10,12H2,1H3,(H,19,21). The predicted octanol–water partition coefficient (Wildman–Crippen LogP) is 2.23. The van der Waals surface area contributed by atoms with Crippen molar-refractivity contribution in [1.29, 1.82) is 0 Å². The van der Waals surface area contributed by atoms with E-state index in [0.717, 1.165) is 16.7 Å². The molecule has 25 heavy (non-hydrogen) atoms. The molecule has 2 heterocycles. The molecular weight excluding hydrogens is 340 g/mol. The second kappa shape index (κ2) is 7.41. The van der Waals surface area contributed by atoms with Gasteiger partial charge in [0.2, 0.25) is 15.9 Å². The van der Waals surface area contributed by atoms with E-state index in [4.69, 9.17) is 4.42 Å². The molecule has 134 valence electrons. The summed E-state index contributed by atoms with van der Waals surface area (Å²) in [6, 6.07) is 9.86. The van der Waals surface area contributed by atoms with Gasteiger partial charge in [0.25, 0.3) is 0 Å². The largest absolute Gasteiger partial charge is 0.472 e. The smallest absolute Gasteiger partial charge is 0.223 e. The first kappa shape index (κ1) is 17.7. The number of hydrogen-bond acceptors (Lipinski definition) is 4. The third-order valence-electron chi connectivity index (χ3n) is 4.57. The quantitative estimate of drug-likeness (QED) is 0.885. The van der Waals surface area contributed by atoms with Crippen LogP contribution in [-0.4, -0.2) is 38.0 Å². The maximum Gasteiger partial charge on any atom is 0.223 e. The van der Waals surface area contributed by atoms with E-state index >= 15 is 0 Å². The van der Waals surface area contributed by atoms with Gasteiger partial charge in [-0.05, 0) is 30.0 Å². The summed E-state index contributed by atoms with van der Waals surface area (Å²) < 4.78 is 29.5. The van der Waals surface area contributed by atoms with Gasteiger partial charge in [0.1, 0.15) is 0 Å². The Morgan fingerprint density at radius 1 is 1.16 bits per heavy atom. The van der Waals surface area contributed by atoms with Crippen molar-refractivity contribution in [2.24, 2.45) is 5.92 Å². The summed E-state index contributed by atoms with van der Waals surface area (Å²) in [5.41, 5.74) is 3.11. The number of hydrogen-bond donors (Lipinski definition) is 1. The summed E-state index contributed by atoms with van der Waals surface area (Å²) in [6.45, 7) is 1.30. The van der Waals surface area contributed by atoms with E-state index < -0.39 is 10.0 Å². The van der Waals surface area contributed by atoms with Gasteiger partial charge in [-0.2, -0.15) is 0 Å². The zero-order valence-electron chi connectivity index (χ0n) is 14.1. The van der Waals surface area contributed by atoms with Crippen LogP contribution in [0.3, 0.4) is 0 Å². The van der Waals surface area contributed by atoms with E-state index in [1.165, 1.54) is 10.6 Å². The Bertz CT molecular complexity index is 805. The van der Waals surface area contributed by atoms with E-state index in [0.29, 0.717) is 32.5 Å². The molecule has 1 amide bonds. The van der Waals surface area contributed by atoms with Gasteiger partial charge in [-0.15, -0.1) is 0 Å². The van der Waals surface area contributed by atoms with Crippen LogP contribution in [0.15, 0.2) is 47.3 Å². The SMILES string of the molecule is CS(=O)(=O)N1CCC(C(=O)NCc2ccc(-c3ccoc3)cc2)CC1. The summed E-state index contributed by atoms with van der Waals surface area (Å²) in [5, 5.41) is 2.95. The van der Waals surface area contributed by atoms with Crippen molar-refractivity contribution in [1.82, 2.24) is 9.62 Å². The molecule has 3 rings (SSSR count). The minimum atomic E-state index is -3.16. The third kappa shape index (κ3) is 4.49. The highest BCUT2D eigenvalue weighted by Gasteiger charge is 2.28. The summed E-state index contributed by atoms with van der Waals surface area (Å²) in [6.07, 6.45) is 5.68. The average Bonchev–Trinajstić information content (AvgIpc) is 3.14. The van der Waals surface area contributed by atoms with Crippen molar-refractivity contribution in [2.75, 3.05) is 19.3 Å². The Balaban J connectivity index is 1.49. The lowest BCUT2D eigenvalue weighted by Gasteiger charge is -2.29. The minimum Gasteiger partial charge on any atom is -0.472 e. The van der Waals surface area contributed by atoms with Crippen LogP contribution in [0.25, 0.3) is 11.1 Å². The van der Waals surface area contributed by atoms with Gasteiger partial charge in [0, 0.05) is 31.1 Å². The highest BCUT2D eigenvalue weighted by molar-refractivity contribution is 7.88. The number of nitrogens with zero attached hydrogens (tertiary/aromatic N) is 1. The van der Waals surface area contributed by atoms with Crippen molar-refractivity contribution in [2.45, 2.75) is 19.4 Å². The van der Waals surface area contributed by atoms with Crippen molar-refractivity contribution >= 4 is 15.9 Å². The van der Waals surface area contributed by atoms with Crippen LogP contribution in [0.1, 0.15) is 18.4 Å². The fourth-order valence-corrected chi connectivity index (χ4v) is 3.90. The molecule has 0 saturated carbocycles. The van der Waals surface area contributed by atoms with Gasteiger partial charge in [-0.1, -0.05) is 24.3 Å². The fourth-order valence-electron chi connectivity index (χ4n) is 3.03. The van der Waals surface area contributed by atoms with E-state index in [2.05, 4.69) is 5.32 Å². The van der Waals surface area contributed by atoms with E-state index in [1.807, 2.05) is 30.3 Å². The van der Waals surface area contributed by atoms with Gasteiger partial charge in [-0.25, -0.2) is 12.7 Å². The van der Waals surface area contributed by atoms with Gasteiger partial charge >= 0.3 is 0 Å². The highest BCUT2D eigenvalue weighted by atomic mass is 32.2. The second-order valence-corrected chi connectivity index (χ2v) is 8.35. The van der Waals surface area contributed by atoms with Gasteiger partial charge < -0.3 is 9.73 Å². The monoisotopic (exact) mass is 362 g/mol. The van der Waals surface area contributed by atoms with Crippen molar-refractivity contribution < 1.29 is 17.6 Å². The van der Waals surface area contributed by atoms with E-state index in [1.54, 1.807) is 12.5 Å². The number of furan rings is 1. The van der Waals surface area contributed by atoms with Crippen LogP contribution in [0, 0.1) is 5.92 Å². The number of sulfonamides is 1. The Morgan fingerprint density at radius 2 is 1.84 bits per heavy atom. The van der Waals surface area contributed by atoms with Gasteiger partial charge in [-0.3, -0.25) is 4.79 Å². The maximum absolute atomic E-state index is 12.3. The molecule has 1 aromatic carbocycles. The first-order valence-corrected chi connectivity index (χ1v) is 10.1. The second-order valence-electron chi connectivity index (χ2n) is 6.36. The molecule has 1 aliphatic heterocycles. The van der Waals surface area contributed by atoms with Gasteiger partial charge in [0.15, 0.2) is 0 Å². The number of piperidine rings is 1. The molecule has 0 aliphatic carbocycles. The molecular formula is C18H22N2O4S. The molecule has 7 heteroatoms. The molecule has 1 aromatic heterocycles. The lowest BCUT2D eigenvalue weighted by Crippen LogP contribution is -2.42. The Labute approximate surface area is 147 Å². The summed E-state index contributed by atoms with van der Waals surface area (Å²) in [5.74, 6) is -0.129. The molecule has 1 saturated heterocycles. The van der Waals surface area contributed by atoms with Crippen LogP contribution < -0.4 is 5.32 Å². The normalized spacial score (nSPS) is 16.7. The van der Waals surface area contributed by atoms with E-state index in [-0.39, 0.29) is 11.8 Å². The fraction of sp³-hybridized carbons (Fsp3) is 0.389. The first-order valence-electron chi connectivity index (χ1n) is 8.28. The molecule has 1 fully saturated rings. The van der Waals surface area contributed by atoms with Crippen molar-refractivity contribution in [3.63, 3.8) is 0 Å². The summed E-state index contributed by atoms with van der Waals surface area (Å²) in [7, 11) is -3.16. The molecule has 2 aromatic rings. The van der Waals surface area contributed by atoms with Crippen molar-refractivity contribution in [3.8, 4) is 11.1 Å². The molecule has 1 N–H and O–H groups in total. The van der Waals surface area contributed by atoms with Gasteiger partial charge in [0.05, 0.1) is 18.8 Å². The minimum absolute atomic E-state index is 0.00735. The first-order chi connectivity index (χ1) is 11.9. The maximum atomic E-state index is 12.3. The molecule has 0 spiro atoms. The molecule has 0 radical (unpaired) electrons. The van der Waals surface area contributed by atoms with Crippen LogP contribution in [0.4, 0.5) is 0 Å². The van der Waals surface area contributed by atoms with Crippen LogP contribution in [0.2, 0.25) is 0 Å².